The van der Waals surface area contributed by atoms with E-state index in [1.165, 1.54) is 17.7 Å². The van der Waals surface area contributed by atoms with Crippen molar-refractivity contribution in [2.24, 2.45) is 5.41 Å². The van der Waals surface area contributed by atoms with Gasteiger partial charge in [0.25, 0.3) is 0 Å². The first-order valence-corrected chi connectivity index (χ1v) is 6.92. The standard InChI is InChI=1S/C13H18ClNS/c1-3-13(2,9-15-10-4-5-10)8-11-6-7-12(14)16-11/h3,6-7,10,15H,1,4-5,8-9H2,2H3. The Hall–Kier alpha value is -0.310. The molecule has 1 aliphatic carbocycles. The van der Waals surface area contributed by atoms with Gasteiger partial charge in [-0.1, -0.05) is 24.6 Å². The third-order valence-electron chi connectivity index (χ3n) is 3.07. The van der Waals surface area contributed by atoms with Gasteiger partial charge in [-0.05, 0) is 31.4 Å². The van der Waals surface area contributed by atoms with Crippen molar-refractivity contribution < 1.29 is 0 Å². The van der Waals surface area contributed by atoms with Crippen LogP contribution in [-0.2, 0) is 6.42 Å². The number of nitrogens with one attached hydrogen (secondary N) is 1. The zero-order valence-electron chi connectivity index (χ0n) is 9.63. The predicted molar refractivity (Wildman–Crippen MR) is 72.4 cm³/mol. The zero-order chi connectivity index (χ0) is 11.6. The Balaban J connectivity index is 1.93. The molecule has 1 fully saturated rings. The van der Waals surface area contributed by atoms with Gasteiger partial charge >= 0.3 is 0 Å². The van der Waals surface area contributed by atoms with Crippen LogP contribution in [0.25, 0.3) is 0 Å². The molecule has 0 aliphatic heterocycles. The van der Waals surface area contributed by atoms with E-state index in [0.717, 1.165) is 23.3 Å². The molecule has 16 heavy (non-hydrogen) atoms. The molecule has 0 radical (unpaired) electrons. The average Bonchev–Trinajstić information content (AvgIpc) is 3.01. The summed E-state index contributed by atoms with van der Waals surface area (Å²) in [5.41, 5.74) is 0.136. The fourth-order valence-electron chi connectivity index (χ4n) is 1.72. The monoisotopic (exact) mass is 255 g/mol. The van der Waals surface area contributed by atoms with E-state index in [1.54, 1.807) is 11.3 Å². The van der Waals surface area contributed by atoms with Gasteiger partial charge in [-0.15, -0.1) is 17.9 Å². The number of hydrogen-bond donors (Lipinski definition) is 1. The second-order valence-corrected chi connectivity index (χ2v) is 6.70. The Morgan fingerprint density at radius 3 is 2.88 bits per heavy atom. The van der Waals surface area contributed by atoms with Crippen molar-refractivity contribution in [3.8, 4) is 0 Å². The SMILES string of the molecule is C=CC(C)(CNC1CC1)Cc1ccc(Cl)s1. The van der Waals surface area contributed by atoms with Crippen LogP contribution in [0.2, 0.25) is 4.34 Å². The maximum Gasteiger partial charge on any atom is 0.0931 e. The molecule has 3 heteroatoms. The molecule has 0 bridgehead atoms. The molecule has 1 aliphatic rings. The lowest BCUT2D eigenvalue weighted by Crippen LogP contribution is -2.33. The summed E-state index contributed by atoms with van der Waals surface area (Å²) in [5.74, 6) is 0. The highest BCUT2D eigenvalue weighted by Gasteiger charge is 2.26. The maximum atomic E-state index is 5.95. The molecule has 1 aromatic heterocycles. The van der Waals surface area contributed by atoms with Crippen LogP contribution >= 0.6 is 22.9 Å². The first-order chi connectivity index (χ1) is 7.61. The molecule has 1 N–H and O–H groups in total. The highest BCUT2D eigenvalue weighted by molar-refractivity contribution is 7.16. The summed E-state index contributed by atoms with van der Waals surface area (Å²) in [4.78, 5) is 1.34. The lowest BCUT2D eigenvalue weighted by Gasteiger charge is -2.25. The van der Waals surface area contributed by atoms with E-state index in [-0.39, 0.29) is 5.41 Å². The molecule has 0 saturated heterocycles. The fraction of sp³-hybridized carbons (Fsp3) is 0.538. The molecule has 1 heterocycles. The Kier molecular flexibility index (Phi) is 3.73. The minimum atomic E-state index is 0.136. The van der Waals surface area contributed by atoms with Crippen molar-refractivity contribution in [3.63, 3.8) is 0 Å². The number of rotatable bonds is 6. The van der Waals surface area contributed by atoms with E-state index < -0.39 is 0 Å². The Morgan fingerprint density at radius 1 is 1.62 bits per heavy atom. The van der Waals surface area contributed by atoms with Gasteiger partial charge in [0.1, 0.15) is 0 Å². The Labute approximate surface area is 107 Å². The van der Waals surface area contributed by atoms with Crippen LogP contribution in [0.3, 0.4) is 0 Å². The normalized spacial score (nSPS) is 19.4. The highest BCUT2D eigenvalue weighted by atomic mass is 35.5. The second-order valence-electron chi connectivity index (χ2n) is 4.90. The third kappa shape index (κ3) is 3.34. The minimum absolute atomic E-state index is 0.136. The molecule has 0 amide bonds. The summed E-state index contributed by atoms with van der Waals surface area (Å²) in [6.07, 6.45) is 5.75. The quantitative estimate of drug-likeness (QED) is 0.761. The van der Waals surface area contributed by atoms with E-state index in [2.05, 4.69) is 31.0 Å². The van der Waals surface area contributed by atoms with Crippen molar-refractivity contribution >= 4 is 22.9 Å². The lowest BCUT2D eigenvalue weighted by molar-refractivity contribution is 0.392. The summed E-state index contributed by atoms with van der Waals surface area (Å²) in [5, 5.41) is 3.58. The molecule has 1 saturated carbocycles. The van der Waals surface area contributed by atoms with Crippen molar-refractivity contribution in [2.45, 2.75) is 32.2 Å². The van der Waals surface area contributed by atoms with Crippen LogP contribution in [0.15, 0.2) is 24.8 Å². The van der Waals surface area contributed by atoms with Gasteiger partial charge in [0.2, 0.25) is 0 Å². The van der Waals surface area contributed by atoms with Gasteiger partial charge < -0.3 is 5.32 Å². The first kappa shape index (κ1) is 12.2. The average molecular weight is 256 g/mol. The summed E-state index contributed by atoms with van der Waals surface area (Å²) in [7, 11) is 0. The summed E-state index contributed by atoms with van der Waals surface area (Å²) in [6.45, 7) is 7.23. The van der Waals surface area contributed by atoms with Gasteiger partial charge in [-0.2, -0.15) is 0 Å². The molecule has 2 rings (SSSR count). The molecule has 1 atom stereocenters. The fourth-order valence-corrected chi connectivity index (χ4v) is 3.00. The lowest BCUT2D eigenvalue weighted by atomic mass is 9.86. The second kappa shape index (κ2) is 4.91. The van der Waals surface area contributed by atoms with Crippen molar-refractivity contribution in [1.29, 1.82) is 0 Å². The van der Waals surface area contributed by atoms with Gasteiger partial charge in [-0.25, -0.2) is 0 Å². The topological polar surface area (TPSA) is 12.0 Å². The predicted octanol–water partition coefficient (Wildman–Crippen LogP) is 3.89. The van der Waals surface area contributed by atoms with Crippen LogP contribution in [0.1, 0.15) is 24.6 Å². The molecule has 1 aromatic rings. The highest BCUT2D eigenvalue weighted by Crippen LogP contribution is 2.30. The number of halogens is 1. The first-order valence-electron chi connectivity index (χ1n) is 5.72. The van der Waals surface area contributed by atoms with Crippen molar-refractivity contribution in [2.75, 3.05) is 6.54 Å². The van der Waals surface area contributed by atoms with Gasteiger partial charge in [0, 0.05) is 22.9 Å². The van der Waals surface area contributed by atoms with Crippen molar-refractivity contribution in [1.82, 2.24) is 5.32 Å². The van der Waals surface area contributed by atoms with E-state index in [9.17, 15) is 0 Å². The minimum Gasteiger partial charge on any atom is -0.313 e. The number of hydrogen-bond acceptors (Lipinski definition) is 2. The largest absolute Gasteiger partial charge is 0.313 e. The van der Waals surface area contributed by atoms with Crippen molar-refractivity contribution in [3.05, 3.63) is 34.0 Å². The van der Waals surface area contributed by atoms with Gasteiger partial charge in [0.05, 0.1) is 4.34 Å². The third-order valence-corrected chi connectivity index (χ3v) is 4.30. The van der Waals surface area contributed by atoms with E-state index >= 15 is 0 Å². The Morgan fingerprint density at radius 2 is 2.38 bits per heavy atom. The molecule has 0 spiro atoms. The zero-order valence-corrected chi connectivity index (χ0v) is 11.2. The van der Waals surface area contributed by atoms with Gasteiger partial charge in [-0.3, -0.25) is 0 Å². The maximum absolute atomic E-state index is 5.95. The van der Waals surface area contributed by atoms with E-state index in [0.29, 0.717) is 0 Å². The molecular weight excluding hydrogens is 238 g/mol. The summed E-state index contributed by atoms with van der Waals surface area (Å²) >= 11 is 7.62. The molecule has 1 unspecified atom stereocenters. The molecule has 0 aromatic carbocycles. The van der Waals surface area contributed by atoms with Crippen LogP contribution < -0.4 is 5.32 Å². The van der Waals surface area contributed by atoms with Crippen LogP contribution in [0.4, 0.5) is 0 Å². The molecule has 88 valence electrons. The molecular formula is C13H18ClNS. The number of thiophene rings is 1. The van der Waals surface area contributed by atoms with Crippen LogP contribution in [-0.4, -0.2) is 12.6 Å². The Bertz CT molecular complexity index is 370. The van der Waals surface area contributed by atoms with Gasteiger partial charge in [0.15, 0.2) is 0 Å². The summed E-state index contributed by atoms with van der Waals surface area (Å²) < 4.78 is 0.872. The van der Waals surface area contributed by atoms with E-state index in [1.807, 2.05) is 6.07 Å². The van der Waals surface area contributed by atoms with Crippen LogP contribution in [0.5, 0.6) is 0 Å². The van der Waals surface area contributed by atoms with E-state index in [4.69, 9.17) is 11.6 Å². The molecule has 1 nitrogen and oxygen atoms in total. The smallest absolute Gasteiger partial charge is 0.0931 e. The van der Waals surface area contributed by atoms with Crippen LogP contribution in [0, 0.1) is 5.41 Å². The summed E-state index contributed by atoms with van der Waals surface area (Å²) in [6, 6.07) is 4.84.